The molecule has 0 aromatic heterocycles. The largest absolute Gasteiger partial charge is 0.384 e. The van der Waals surface area contributed by atoms with E-state index in [0.717, 1.165) is 15.6 Å². The molecule has 4 N–H and O–H groups in total. The lowest BCUT2D eigenvalue weighted by Crippen LogP contribution is -2.15. The van der Waals surface area contributed by atoms with Crippen molar-refractivity contribution in [1.82, 2.24) is 0 Å². The van der Waals surface area contributed by atoms with Crippen LogP contribution in [0.4, 0.5) is 5.69 Å². The van der Waals surface area contributed by atoms with E-state index in [1.807, 2.05) is 24.3 Å². The zero-order valence-electron chi connectivity index (χ0n) is 15.6. The lowest BCUT2D eigenvalue weighted by Gasteiger charge is -2.18. The van der Waals surface area contributed by atoms with Crippen LogP contribution in [0.15, 0.2) is 80.6 Å². The molecule has 30 heavy (non-hydrogen) atoms. The third-order valence-electron chi connectivity index (χ3n) is 4.46. The molecule has 0 saturated carbocycles. The highest BCUT2D eigenvalue weighted by Crippen LogP contribution is 2.33. The van der Waals surface area contributed by atoms with E-state index >= 15 is 0 Å². The van der Waals surface area contributed by atoms with Crippen molar-refractivity contribution in [3.63, 3.8) is 0 Å². The molecule has 0 saturated heterocycles. The zero-order chi connectivity index (χ0) is 21.9. The summed E-state index contributed by atoms with van der Waals surface area (Å²) in [5.41, 5.74) is 8.42. The number of rotatable bonds is 7. The maximum absolute atomic E-state index is 12.9. The van der Waals surface area contributed by atoms with Crippen molar-refractivity contribution in [3.8, 4) is 0 Å². The summed E-state index contributed by atoms with van der Waals surface area (Å²) in [6.07, 6.45) is 0.587. The minimum atomic E-state index is -3.77. The number of nitrogen functional groups attached to an aromatic ring is 1. The first-order valence-corrected chi connectivity index (χ1v) is 12.4. The Balaban J connectivity index is 1.84. The molecule has 0 fully saturated rings. The summed E-state index contributed by atoms with van der Waals surface area (Å²) in [6, 6.07) is 19.3. The number of para-hydroxylation sites is 1. The highest BCUT2D eigenvalue weighted by atomic mass is 79.9. The van der Waals surface area contributed by atoms with Crippen LogP contribution in [0.3, 0.4) is 0 Å². The molecular formula is C21H19Br2N3O2S2. The van der Waals surface area contributed by atoms with Crippen LogP contribution < -0.4 is 10.5 Å². The number of halogens is 2. The molecule has 1 atom stereocenters. The summed E-state index contributed by atoms with van der Waals surface area (Å²) in [5.74, 6) is 0.0169. The fourth-order valence-electron chi connectivity index (χ4n) is 2.88. The molecule has 3 rings (SSSR count). The molecule has 0 spiro atoms. The molecule has 3 aromatic rings. The number of benzene rings is 3. The average molecular weight is 569 g/mol. The maximum atomic E-state index is 12.9. The molecule has 0 aliphatic rings. The predicted molar refractivity (Wildman–Crippen MR) is 132 cm³/mol. The van der Waals surface area contributed by atoms with Crippen LogP contribution in [0, 0.1) is 5.41 Å². The quantitative estimate of drug-likeness (QED) is 0.172. The molecule has 0 aliphatic carbocycles. The lowest BCUT2D eigenvalue weighted by molar-refractivity contribution is 0.601. The minimum Gasteiger partial charge on any atom is -0.384 e. The topological polar surface area (TPSA) is 96.0 Å². The van der Waals surface area contributed by atoms with Gasteiger partial charge in [-0.2, -0.15) is 12.6 Å². The van der Waals surface area contributed by atoms with Gasteiger partial charge in [0.15, 0.2) is 0 Å². The van der Waals surface area contributed by atoms with Crippen LogP contribution in [-0.4, -0.2) is 14.3 Å². The van der Waals surface area contributed by atoms with E-state index < -0.39 is 10.0 Å². The number of amidine groups is 1. The van der Waals surface area contributed by atoms with Crippen LogP contribution in [0.1, 0.15) is 21.9 Å². The predicted octanol–water partition coefficient (Wildman–Crippen LogP) is 5.51. The van der Waals surface area contributed by atoms with Gasteiger partial charge in [-0.05, 0) is 73.7 Å². The fraction of sp³-hybridized carbons (Fsp3) is 0.0952. The van der Waals surface area contributed by atoms with E-state index in [1.54, 1.807) is 36.4 Å². The SMILES string of the molecule is N=C(N)c1ccc(CC(S)c2ccccc2NS(=O)(=O)c2ccc(Br)c(Br)c2)cc1. The Hall–Kier alpha value is -1.81. The summed E-state index contributed by atoms with van der Waals surface area (Å²) in [4.78, 5) is 0.155. The Morgan fingerprint density at radius 3 is 2.33 bits per heavy atom. The molecule has 0 heterocycles. The highest BCUT2D eigenvalue weighted by molar-refractivity contribution is 9.13. The van der Waals surface area contributed by atoms with Gasteiger partial charge in [-0.3, -0.25) is 10.1 Å². The van der Waals surface area contributed by atoms with E-state index in [0.29, 0.717) is 22.1 Å². The maximum Gasteiger partial charge on any atom is 0.261 e. The number of thiol groups is 1. The van der Waals surface area contributed by atoms with Crippen molar-refractivity contribution in [2.45, 2.75) is 16.6 Å². The van der Waals surface area contributed by atoms with Crippen molar-refractivity contribution < 1.29 is 8.42 Å². The summed E-state index contributed by atoms with van der Waals surface area (Å²) in [5, 5.41) is 7.25. The van der Waals surface area contributed by atoms with Gasteiger partial charge >= 0.3 is 0 Å². The molecule has 1 unspecified atom stereocenters. The van der Waals surface area contributed by atoms with Gasteiger partial charge in [0.2, 0.25) is 0 Å². The molecule has 5 nitrogen and oxygen atoms in total. The summed E-state index contributed by atoms with van der Waals surface area (Å²) >= 11 is 11.4. The summed E-state index contributed by atoms with van der Waals surface area (Å²) in [6.45, 7) is 0. The van der Waals surface area contributed by atoms with Crippen LogP contribution in [0.5, 0.6) is 0 Å². The molecule has 0 aliphatic heterocycles. The minimum absolute atomic E-state index is 0.0169. The first kappa shape index (κ1) is 22.9. The van der Waals surface area contributed by atoms with Crippen molar-refractivity contribution in [2.75, 3.05) is 4.72 Å². The Kier molecular flexibility index (Phi) is 7.28. The van der Waals surface area contributed by atoms with E-state index in [1.165, 1.54) is 6.07 Å². The Morgan fingerprint density at radius 2 is 1.70 bits per heavy atom. The normalized spacial score (nSPS) is 12.4. The summed E-state index contributed by atoms with van der Waals surface area (Å²) in [7, 11) is -3.77. The second-order valence-electron chi connectivity index (χ2n) is 6.60. The Bertz CT molecular complexity index is 1180. The number of nitrogens with one attached hydrogen (secondary N) is 2. The first-order valence-electron chi connectivity index (χ1n) is 8.85. The van der Waals surface area contributed by atoms with Gasteiger partial charge in [0, 0.05) is 19.8 Å². The molecular weight excluding hydrogens is 550 g/mol. The van der Waals surface area contributed by atoms with Gasteiger partial charge in [0.1, 0.15) is 5.84 Å². The molecule has 0 bridgehead atoms. The monoisotopic (exact) mass is 567 g/mol. The number of sulfonamides is 1. The van der Waals surface area contributed by atoms with Crippen molar-refractivity contribution >= 4 is 66.0 Å². The number of nitrogens with two attached hydrogens (primary N) is 1. The van der Waals surface area contributed by atoms with E-state index in [-0.39, 0.29) is 16.0 Å². The van der Waals surface area contributed by atoms with E-state index in [2.05, 4.69) is 36.6 Å². The van der Waals surface area contributed by atoms with Crippen LogP contribution in [-0.2, 0) is 16.4 Å². The van der Waals surface area contributed by atoms with Gasteiger partial charge in [-0.1, -0.05) is 42.5 Å². The summed E-state index contributed by atoms with van der Waals surface area (Å²) < 4.78 is 29.9. The van der Waals surface area contributed by atoms with Gasteiger partial charge < -0.3 is 5.73 Å². The van der Waals surface area contributed by atoms with E-state index in [9.17, 15) is 8.42 Å². The Labute approximate surface area is 198 Å². The molecule has 0 amide bonds. The second kappa shape index (κ2) is 9.55. The fourth-order valence-corrected chi connectivity index (χ4v) is 5.21. The Morgan fingerprint density at radius 1 is 1.03 bits per heavy atom. The van der Waals surface area contributed by atoms with Crippen molar-refractivity contribution in [2.24, 2.45) is 5.73 Å². The smallest absolute Gasteiger partial charge is 0.261 e. The van der Waals surface area contributed by atoms with Crippen molar-refractivity contribution in [3.05, 3.63) is 92.4 Å². The number of hydrogen-bond donors (Lipinski definition) is 4. The van der Waals surface area contributed by atoms with Gasteiger partial charge in [0.05, 0.1) is 10.6 Å². The molecule has 0 radical (unpaired) electrons. The number of hydrogen-bond acceptors (Lipinski definition) is 4. The van der Waals surface area contributed by atoms with Gasteiger partial charge in [0.25, 0.3) is 10.0 Å². The second-order valence-corrected chi connectivity index (χ2v) is 10.6. The van der Waals surface area contributed by atoms with Crippen molar-refractivity contribution in [1.29, 1.82) is 5.41 Å². The average Bonchev–Trinajstić information content (AvgIpc) is 2.70. The zero-order valence-corrected chi connectivity index (χ0v) is 20.5. The van der Waals surface area contributed by atoms with Gasteiger partial charge in [-0.15, -0.1) is 0 Å². The van der Waals surface area contributed by atoms with E-state index in [4.69, 9.17) is 23.8 Å². The third kappa shape index (κ3) is 5.46. The number of anilines is 1. The van der Waals surface area contributed by atoms with Gasteiger partial charge in [-0.25, -0.2) is 8.42 Å². The van der Waals surface area contributed by atoms with Crippen LogP contribution in [0.2, 0.25) is 0 Å². The van der Waals surface area contributed by atoms with Crippen LogP contribution >= 0.6 is 44.5 Å². The molecule has 3 aromatic carbocycles. The highest BCUT2D eigenvalue weighted by Gasteiger charge is 2.19. The first-order chi connectivity index (χ1) is 14.2. The lowest BCUT2D eigenvalue weighted by atomic mass is 10.0. The van der Waals surface area contributed by atoms with Crippen LogP contribution in [0.25, 0.3) is 0 Å². The molecule has 9 heteroatoms. The third-order valence-corrected chi connectivity index (χ3v) is 8.16. The molecule has 156 valence electrons. The standard InChI is InChI=1S/C21H19Br2N3O2S2/c22-17-10-9-15(12-18(17)23)30(27,28)26-19-4-2-1-3-16(19)20(29)11-13-5-7-14(8-6-13)21(24)25/h1-10,12,20,26,29H,11H2,(H3,24,25).